The van der Waals surface area contributed by atoms with Gasteiger partial charge in [0.25, 0.3) is 0 Å². The number of nitrogen functional groups attached to an aromatic ring is 1. The number of benzene rings is 1. The molecule has 2 atom stereocenters. The summed E-state index contributed by atoms with van der Waals surface area (Å²) >= 11 is 0. The van der Waals surface area contributed by atoms with Gasteiger partial charge in [0.15, 0.2) is 17.4 Å². The number of aryl methyl sites for hydroxylation is 1. The van der Waals surface area contributed by atoms with Crippen molar-refractivity contribution in [2.24, 2.45) is 11.4 Å². The van der Waals surface area contributed by atoms with E-state index in [1.54, 1.807) is 31.1 Å². The van der Waals surface area contributed by atoms with E-state index < -0.39 is 22.5 Å². The second kappa shape index (κ2) is 9.23. The van der Waals surface area contributed by atoms with Crippen LogP contribution in [0.1, 0.15) is 24.3 Å². The fraction of sp³-hybridized carbons (Fsp3) is 0.286. The van der Waals surface area contributed by atoms with Crippen molar-refractivity contribution in [2.75, 3.05) is 31.0 Å². The molecule has 168 valence electrons. The monoisotopic (exact) mass is 457 g/mol. The van der Waals surface area contributed by atoms with E-state index in [2.05, 4.69) is 20.5 Å². The highest BCUT2D eigenvalue weighted by atomic mass is 32.2. The van der Waals surface area contributed by atoms with Gasteiger partial charge in [-0.25, -0.2) is 13.7 Å². The Balaban J connectivity index is 2.06. The Morgan fingerprint density at radius 3 is 2.72 bits per heavy atom. The summed E-state index contributed by atoms with van der Waals surface area (Å²) in [6, 6.07) is 7.82. The second-order valence-electron chi connectivity index (χ2n) is 7.31. The molecule has 0 amide bonds. The van der Waals surface area contributed by atoms with Crippen molar-refractivity contribution in [3.05, 3.63) is 47.5 Å². The van der Waals surface area contributed by atoms with Gasteiger partial charge in [-0.1, -0.05) is 0 Å². The summed E-state index contributed by atoms with van der Waals surface area (Å²) in [4.78, 5) is 6.01. The third-order valence-corrected chi connectivity index (χ3v) is 5.21. The molecule has 2 heterocycles. The van der Waals surface area contributed by atoms with Crippen molar-refractivity contribution in [3.63, 3.8) is 0 Å². The van der Waals surface area contributed by atoms with Gasteiger partial charge in [0.2, 0.25) is 0 Å². The zero-order valence-corrected chi connectivity index (χ0v) is 19.3. The van der Waals surface area contributed by atoms with Crippen LogP contribution < -0.4 is 15.4 Å². The van der Waals surface area contributed by atoms with Gasteiger partial charge in [-0.3, -0.25) is 8.89 Å². The molecule has 32 heavy (non-hydrogen) atoms. The lowest BCUT2D eigenvalue weighted by Crippen LogP contribution is -2.11. The van der Waals surface area contributed by atoms with Gasteiger partial charge in [-0.2, -0.15) is 10.4 Å². The molecule has 1 aromatic carbocycles. The molecular formula is C21H24FN7O2S. The summed E-state index contributed by atoms with van der Waals surface area (Å²) in [5, 5.41) is 14.0. The highest BCUT2D eigenvalue weighted by Gasteiger charge is 2.22. The molecular weight excluding hydrogens is 433 g/mol. The maximum absolute atomic E-state index is 13.9. The molecule has 0 radical (unpaired) electrons. The number of nitrogens with two attached hydrogens (primary N) is 1. The molecule has 0 saturated carbocycles. The molecule has 0 aliphatic carbocycles. The average molecular weight is 458 g/mol. The van der Waals surface area contributed by atoms with Crippen LogP contribution >= 0.6 is 0 Å². The van der Waals surface area contributed by atoms with E-state index >= 15 is 0 Å². The summed E-state index contributed by atoms with van der Waals surface area (Å²) in [6.07, 6.45) is 2.33. The number of thiol groups is 1. The zero-order valence-electron chi connectivity index (χ0n) is 18.4. The largest absolute Gasteiger partial charge is 0.482 e. The number of halogens is 1. The van der Waals surface area contributed by atoms with Crippen molar-refractivity contribution in [2.45, 2.75) is 13.0 Å². The first kappa shape index (κ1) is 23.0. The third kappa shape index (κ3) is 4.65. The Bertz CT molecular complexity index is 1290. The topological polar surface area (TPSA) is 122 Å². The summed E-state index contributed by atoms with van der Waals surface area (Å²) in [7, 11) is 3.51. The lowest BCUT2D eigenvalue weighted by atomic mass is 10.1. The quantitative estimate of drug-likeness (QED) is 0.545. The molecule has 3 rings (SSSR count). The van der Waals surface area contributed by atoms with Crippen molar-refractivity contribution in [1.29, 1.82) is 5.26 Å². The zero-order chi connectivity index (χ0) is 23.6. The van der Waals surface area contributed by atoms with E-state index in [4.69, 9.17) is 10.5 Å². The van der Waals surface area contributed by atoms with E-state index in [9.17, 15) is 13.9 Å². The maximum atomic E-state index is 13.9. The minimum Gasteiger partial charge on any atom is -0.482 e. The van der Waals surface area contributed by atoms with Crippen LogP contribution in [-0.2, 0) is 17.6 Å². The average Bonchev–Trinajstić information content (AvgIpc) is 3.07. The van der Waals surface area contributed by atoms with Crippen LogP contribution in [0.5, 0.6) is 5.75 Å². The summed E-state index contributed by atoms with van der Waals surface area (Å²) in [5.74, 6) is 0.507. The van der Waals surface area contributed by atoms with Crippen molar-refractivity contribution in [3.8, 4) is 22.9 Å². The van der Waals surface area contributed by atoms with Gasteiger partial charge < -0.3 is 15.4 Å². The number of anilines is 2. The van der Waals surface area contributed by atoms with E-state index in [1.165, 1.54) is 29.1 Å². The van der Waals surface area contributed by atoms with Crippen molar-refractivity contribution < 1.29 is 13.3 Å². The van der Waals surface area contributed by atoms with E-state index in [0.29, 0.717) is 33.9 Å². The van der Waals surface area contributed by atoms with Gasteiger partial charge in [-0.15, -0.1) is 0 Å². The minimum atomic E-state index is -1.83. The van der Waals surface area contributed by atoms with E-state index in [-0.39, 0.29) is 11.6 Å². The van der Waals surface area contributed by atoms with Gasteiger partial charge in [0.05, 0.1) is 11.3 Å². The molecule has 0 aliphatic rings. The molecule has 2 aromatic heterocycles. The first-order valence-electron chi connectivity index (χ1n) is 9.61. The number of aromatic nitrogens is 3. The van der Waals surface area contributed by atoms with Crippen LogP contribution in [0.2, 0.25) is 0 Å². The number of rotatable bonds is 6. The number of nitriles is 1. The molecule has 1 unspecified atom stereocenters. The van der Waals surface area contributed by atoms with Crippen LogP contribution in [0.15, 0.2) is 34.8 Å². The van der Waals surface area contributed by atoms with Crippen LogP contribution in [0.3, 0.4) is 0 Å². The Morgan fingerprint density at radius 1 is 1.38 bits per heavy atom. The Hall–Kier alpha value is -3.65. The summed E-state index contributed by atoms with van der Waals surface area (Å²) < 4.78 is 37.1. The van der Waals surface area contributed by atoms with Crippen molar-refractivity contribution >= 4 is 27.9 Å². The molecule has 0 fully saturated rings. The molecule has 0 saturated heterocycles. The van der Waals surface area contributed by atoms with E-state index in [0.717, 1.165) is 0 Å². The maximum Gasteiger partial charge on any atom is 0.166 e. The van der Waals surface area contributed by atoms with Gasteiger partial charge >= 0.3 is 0 Å². The molecule has 0 bridgehead atoms. The number of ether oxygens (including phenoxy) is 1. The SMILES string of the molecule is C[C@@H](Oc1cc(-c2c(N(C)C)nn(C)c2C#N)cnc1N)c1cc(F)ccc1/N=[SH](/C)=O. The Labute approximate surface area is 187 Å². The smallest absolute Gasteiger partial charge is 0.166 e. The third-order valence-electron chi connectivity index (χ3n) is 4.71. The first-order valence-corrected chi connectivity index (χ1v) is 11.3. The fourth-order valence-electron chi connectivity index (χ4n) is 3.25. The number of hydrogen-bond donors (Lipinski definition) is 2. The van der Waals surface area contributed by atoms with Crippen LogP contribution in [0, 0.1) is 17.1 Å². The van der Waals surface area contributed by atoms with E-state index in [1.807, 2.05) is 14.1 Å². The minimum absolute atomic E-state index is 0.130. The number of hydrogen-bond acceptors (Lipinski definition) is 8. The van der Waals surface area contributed by atoms with Crippen LogP contribution in [0.4, 0.5) is 21.7 Å². The predicted molar refractivity (Wildman–Crippen MR) is 123 cm³/mol. The van der Waals surface area contributed by atoms with Gasteiger partial charge in [0, 0.05) is 55.3 Å². The number of pyridine rings is 1. The summed E-state index contributed by atoms with van der Waals surface area (Å²) in [6.45, 7) is 1.71. The fourth-order valence-corrected chi connectivity index (χ4v) is 3.74. The second-order valence-corrected chi connectivity index (χ2v) is 8.44. The van der Waals surface area contributed by atoms with Gasteiger partial charge in [-0.05, 0) is 31.2 Å². The first-order chi connectivity index (χ1) is 15.1. The molecule has 2 N–H and O–H groups in total. The molecule has 11 heteroatoms. The predicted octanol–water partition coefficient (Wildman–Crippen LogP) is 3.21. The standard InChI is InChI=1S/C21H24FN7O2S/c1-12(15-9-14(22)6-7-16(15)27-32(5)30)31-18-8-13(11-25-20(18)24)19-17(10-23)29(4)26-21(19)28(2)3/h6-9,11-12,32H,1-5H3,(H2,24,25)/t12-/m1/s1. The normalized spacial score (nSPS) is 12.9. The molecule has 0 spiro atoms. The van der Waals surface area contributed by atoms with Crippen LogP contribution in [0.25, 0.3) is 11.1 Å². The van der Waals surface area contributed by atoms with Crippen molar-refractivity contribution in [1.82, 2.24) is 14.8 Å². The highest BCUT2D eigenvalue weighted by Crippen LogP contribution is 2.37. The van der Waals surface area contributed by atoms with Gasteiger partial charge in [0.1, 0.15) is 23.7 Å². The van der Waals surface area contributed by atoms with Crippen LogP contribution in [-0.4, -0.2) is 39.3 Å². The molecule has 0 aliphatic heterocycles. The Kier molecular flexibility index (Phi) is 6.64. The lowest BCUT2D eigenvalue weighted by molar-refractivity contribution is 0.228. The number of nitrogens with zero attached hydrogens (tertiary/aromatic N) is 6. The highest BCUT2D eigenvalue weighted by molar-refractivity contribution is 7.74. The molecule has 3 aromatic rings. The Morgan fingerprint density at radius 2 is 2.09 bits per heavy atom. The lowest BCUT2D eigenvalue weighted by Gasteiger charge is -2.19. The molecule has 9 nitrogen and oxygen atoms in total. The summed E-state index contributed by atoms with van der Waals surface area (Å²) in [5.41, 5.74) is 8.38.